The maximum Gasteiger partial charge on any atom is 0.488 e. The van der Waals surface area contributed by atoms with Crippen molar-refractivity contribution in [1.82, 2.24) is 14.5 Å². The summed E-state index contributed by atoms with van der Waals surface area (Å²) in [6, 6.07) is 8.88. The number of imidazole rings is 1. The van der Waals surface area contributed by atoms with Gasteiger partial charge in [0.05, 0.1) is 5.52 Å². The minimum absolute atomic E-state index is 0.190. The molecule has 7 heteroatoms. The molecule has 0 spiro atoms. The van der Waals surface area contributed by atoms with E-state index in [2.05, 4.69) is 9.97 Å². The van der Waals surface area contributed by atoms with Gasteiger partial charge < -0.3 is 19.6 Å². The van der Waals surface area contributed by atoms with Crippen molar-refractivity contribution in [2.45, 2.75) is 19.9 Å². The third-order valence-electron chi connectivity index (χ3n) is 3.69. The Morgan fingerprint density at radius 3 is 2.59 bits per heavy atom. The molecule has 112 valence electrons. The minimum atomic E-state index is -1.46. The highest BCUT2D eigenvalue weighted by atomic mass is 16.4. The highest BCUT2D eigenvalue weighted by Gasteiger charge is 2.13. The van der Waals surface area contributed by atoms with E-state index in [-0.39, 0.29) is 5.56 Å². The molecular formula is C15H16BN3O3. The SMILES string of the molecule is CCc1nc2c(=O)[nH]ccc2n1Cc1ccc(B(O)O)cc1. The summed E-state index contributed by atoms with van der Waals surface area (Å²) in [5, 5.41) is 18.3. The number of pyridine rings is 1. The maximum atomic E-state index is 11.8. The molecule has 3 rings (SSSR count). The van der Waals surface area contributed by atoms with Gasteiger partial charge in [0.15, 0.2) is 5.52 Å². The molecule has 0 aliphatic carbocycles. The first-order chi connectivity index (χ1) is 10.6. The van der Waals surface area contributed by atoms with Crippen LogP contribution >= 0.6 is 0 Å². The van der Waals surface area contributed by atoms with E-state index in [0.717, 1.165) is 23.3 Å². The van der Waals surface area contributed by atoms with Gasteiger partial charge in [-0.1, -0.05) is 31.2 Å². The smallest absolute Gasteiger partial charge is 0.423 e. The lowest BCUT2D eigenvalue weighted by molar-refractivity contribution is 0.426. The van der Waals surface area contributed by atoms with Crippen molar-refractivity contribution < 1.29 is 10.0 Å². The highest BCUT2D eigenvalue weighted by molar-refractivity contribution is 6.58. The number of aryl methyl sites for hydroxylation is 1. The van der Waals surface area contributed by atoms with E-state index in [1.54, 1.807) is 18.3 Å². The number of fused-ring (bicyclic) bond motifs is 1. The second kappa shape index (κ2) is 5.78. The zero-order chi connectivity index (χ0) is 15.7. The third kappa shape index (κ3) is 2.56. The molecule has 6 nitrogen and oxygen atoms in total. The summed E-state index contributed by atoms with van der Waals surface area (Å²) in [7, 11) is -1.46. The lowest BCUT2D eigenvalue weighted by Crippen LogP contribution is -2.29. The first-order valence-electron chi connectivity index (χ1n) is 7.12. The number of aromatic amines is 1. The molecule has 0 amide bonds. The van der Waals surface area contributed by atoms with Gasteiger partial charge in [0.1, 0.15) is 5.82 Å². The van der Waals surface area contributed by atoms with E-state index in [0.29, 0.717) is 17.5 Å². The molecule has 2 aromatic heterocycles. The summed E-state index contributed by atoms with van der Waals surface area (Å²) >= 11 is 0. The number of benzene rings is 1. The van der Waals surface area contributed by atoms with E-state index in [9.17, 15) is 4.79 Å². The minimum Gasteiger partial charge on any atom is -0.423 e. The average molecular weight is 297 g/mol. The van der Waals surface area contributed by atoms with Gasteiger partial charge in [0.2, 0.25) is 0 Å². The van der Waals surface area contributed by atoms with E-state index < -0.39 is 7.12 Å². The molecule has 0 saturated heterocycles. The van der Waals surface area contributed by atoms with Gasteiger partial charge in [-0.05, 0) is 17.1 Å². The Kier molecular flexibility index (Phi) is 3.83. The van der Waals surface area contributed by atoms with Gasteiger partial charge >= 0.3 is 7.12 Å². The Labute approximate surface area is 127 Å². The normalized spacial score (nSPS) is 11.0. The Balaban J connectivity index is 2.03. The summed E-state index contributed by atoms with van der Waals surface area (Å²) in [5.74, 6) is 0.845. The number of aromatic nitrogens is 3. The van der Waals surface area contributed by atoms with Crippen molar-refractivity contribution in [3.8, 4) is 0 Å². The third-order valence-corrected chi connectivity index (χ3v) is 3.69. The summed E-state index contributed by atoms with van der Waals surface area (Å²) in [4.78, 5) is 18.9. The van der Waals surface area contributed by atoms with Crippen molar-refractivity contribution in [2.75, 3.05) is 0 Å². The van der Waals surface area contributed by atoms with Crippen molar-refractivity contribution >= 4 is 23.6 Å². The number of nitrogens with one attached hydrogen (secondary N) is 1. The molecule has 3 N–H and O–H groups in total. The van der Waals surface area contributed by atoms with Crippen LogP contribution in [0.15, 0.2) is 41.3 Å². The van der Waals surface area contributed by atoms with Crippen molar-refractivity contribution in [1.29, 1.82) is 0 Å². The predicted molar refractivity (Wildman–Crippen MR) is 85.1 cm³/mol. The Morgan fingerprint density at radius 2 is 1.95 bits per heavy atom. The van der Waals surface area contributed by atoms with E-state index in [1.165, 1.54) is 0 Å². The van der Waals surface area contributed by atoms with Crippen molar-refractivity contribution in [3.05, 3.63) is 58.3 Å². The zero-order valence-electron chi connectivity index (χ0n) is 12.2. The van der Waals surface area contributed by atoms with Gasteiger partial charge in [0, 0.05) is 19.2 Å². The lowest BCUT2D eigenvalue weighted by Gasteiger charge is -2.09. The van der Waals surface area contributed by atoms with Crippen LogP contribution < -0.4 is 11.0 Å². The Hall–Kier alpha value is -2.38. The van der Waals surface area contributed by atoms with Crippen LogP contribution in [0.3, 0.4) is 0 Å². The number of nitrogens with zero attached hydrogens (tertiary/aromatic N) is 2. The molecule has 22 heavy (non-hydrogen) atoms. The average Bonchev–Trinajstić information content (AvgIpc) is 2.87. The summed E-state index contributed by atoms with van der Waals surface area (Å²) in [5.41, 5.74) is 2.50. The fourth-order valence-corrected chi connectivity index (χ4v) is 2.54. The molecule has 0 aliphatic heterocycles. The second-order valence-corrected chi connectivity index (χ2v) is 5.12. The first-order valence-corrected chi connectivity index (χ1v) is 7.12. The van der Waals surface area contributed by atoms with E-state index in [4.69, 9.17) is 10.0 Å². The molecule has 3 aromatic rings. The molecule has 2 heterocycles. The standard InChI is InChI=1S/C15H16BN3O3/c1-2-13-18-14-12(7-8-17-15(14)20)19(13)9-10-3-5-11(6-4-10)16(21)22/h3-8,21-22H,2,9H2,1H3,(H,17,20). The second-order valence-electron chi connectivity index (χ2n) is 5.12. The summed E-state index contributed by atoms with van der Waals surface area (Å²) in [6.07, 6.45) is 2.34. The topological polar surface area (TPSA) is 91.1 Å². The first kappa shape index (κ1) is 14.6. The van der Waals surface area contributed by atoms with Crippen LogP contribution in [0.2, 0.25) is 0 Å². The fourth-order valence-electron chi connectivity index (χ4n) is 2.54. The Bertz CT molecular complexity index is 853. The van der Waals surface area contributed by atoms with Crippen LogP contribution in [0.5, 0.6) is 0 Å². The zero-order valence-corrected chi connectivity index (χ0v) is 12.2. The number of hydrogen-bond acceptors (Lipinski definition) is 4. The van der Waals surface area contributed by atoms with Gasteiger partial charge in [-0.25, -0.2) is 4.98 Å². The molecule has 1 aromatic carbocycles. The van der Waals surface area contributed by atoms with Crippen LogP contribution in [-0.4, -0.2) is 31.7 Å². The quantitative estimate of drug-likeness (QED) is 0.592. The van der Waals surface area contributed by atoms with Crippen LogP contribution in [-0.2, 0) is 13.0 Å². The molecule has 0 aliphatic rings. The molecule has 0 fully saturated rings. The fraction of sp³-hybridized carbons (Fsp3) is 0.200. The van der Waals surface area contributed by atoms with Crippen LogP contribution in [0.25, 0.3) is 11.0 Å². The van der Waals surface area contributed by atoms with Gasteiger partial charge in [-0.2, -0.15) is 0 Å². The molecule has 0 atom stereocenters. The van der Waals surface area contributed by atoms with Crippen molar-refractivity contribution in [2.24, 2.45) is 0 Å². The Morgan fingerprint density at radius 1 is 1.23 bits per heavy atom. The monoisotopic (exact) mass is 297 g/mol. The predicted octanol–water partition coefficient (Wildman–Crippen LogP) is 0.0151. The largest absolute Gasteiger partial charge is 0.488 e. The van der Waals surface area contributed by atoms with Gasteiger partial charge in [0.25, 0.3) is 5.56 Å². The molecule has 0 unspecified atom stereocenters. The lowest BCUT2D eigenvalue weighted by atomic mass is 9.80. The maximum absolute atomic E-state index is 11.8. The van der Waals surface area contributed by atoms with Gasteiger partial charge in [-0.3, -0.25) is 4.79 Å². The van der Waals surface area contributed by atoms with E-state index in [1.807, 2.05) is 29.7 Å². The number of H-pyrrole nitrogens is 1. The molecular weight excluding hydrogens is 281 g/mol. The number of hydrogen-bond donors (Lipinski definition) is 3. The summed E-state index contributed by atoms with van der Waals surface area (Å²) < 4.78 is 2.01. The van der Waals surface area contributed by atoms with Crippen LogP contribution in [0.1, 0.15) is 18.3 Å². The highest BCUT2D eigenvalue weighted by Crippen LogP contribution is 2.15. The van der Waals surface area contributed by atoms with E-state index >= 15 is 0 Å². The van der Waals surface area contributed by atoms with Crippen molar-refractivity contribution in [3.63, 3.8) is 0 Å². The van der Waals surface area contributed by atoms with Crippen LogP contribution in [0, 0.1) is 0 Å². The van der Waals surface area contributed by atoms with Gasteiger partial charge in [-0.15, -0.1) is 0 Å². The van der Waals surface area contributed by atoms with Crippen LogP contribution in [0.4, 0.5) is 0 Å². The molecule has 0 radical (unpaired) electrons. The molecule has 0 saturated carbocycles. The summed E-state index contributed by atoms with van der Waals surface area (Å²) in [6.45, 7) is 2.57. The number of rotatable bonds is 4. The molecule has 0 bridgehead atoms.